The lowest BCUT2D eigenvalue weighted by Crippen LogP contribution is -2.26. The number of para-hydroxylation sites is 2. The second kappa shape index (κ2) is 4.77. The van der Waals surface area contributed by atoms with Gasteiger partial charge < -0.3 is 5.11 Å². The fraction of sp³-hybridized carbons (Fsp3) is 0. The molecular weight excluding hydrogens is 296 g/mol. The third kappa shape index (κ3) is 1.90. The Kier molecular flexibility index (Phi) is 2.74. The number of nitro groups is 1. The molecule has 0 spiro atoms. The van der Waals surface area contributed by atoms with Gasteiger partial charge in [0.25, 0.3) is 5.69 Å². The Hall–Kier alpha value is -3.48. The first-order chi connectivity index (χ1) is 11.2. The molecule has 4 rings (SSSR count). The average molecular weight is 306 g/mol. The van der Waals surface area contributed by atoms with E-state index >= 15 is 0 Å². The van der Waals surface area contributed by atoms with Crippen molar-refractivity contribution in [1.82, 2.24) is 9.90 Å². The molecule has 0 N–H and O–H groups in total. The summed E-state index contributed by atoms with van der Waals surface area (Å²) in [7, 11) is 0. The highest BCUT2D eigenvalue weighted by atomic mass is 16.6. The number of rotatable bonds is 2. The van der Waals surface area contributed by atoms with Crippen LogP contribution < -0.4 is 9.62 Å². The second-order valence-electron chi connectivity index (χ2n) is 5.04. The van der Waals surface area contributed by atoms with Crippen LogP contribution in [-0.4, -0.2) is 14.8 Å². The van der Waals surface area contributed by atoms with Crippen LogP contribution in [0.25, 0.3) is 22.1 Å². The second-order valence-corrected chi connectivity index (χ2v) is 5.04. The van der Waals surface area contributed by atoms with Crippen LogP contribution in [0.4, 0.5) is 5.69 Å². The summed E-state index contributed by atoms with van der Waals surface area (Å²) in [4.78, 5) is 10.8. The van der Waals surface area contributed by atoms with E-state index in [4.69, 9.17) is 0 Å². The van der Waals surface area contributed by atoms with E-state index in [0.29, 0.717) is 16.6 Å². The van der Waals surface area contributed by atoms with Crippen molar-refractivity contribution in [2.45, 2.75) is 0 Å². The molecule has 112 valence electrons. The smallest absolute Gasteiger partial charge is 0.285 e. The van der Waals surface area contributed by atoms with Gasteiger partial charge in [-0.1, -0.05) is 34.8 Å². The lowest BCUT2D eigenvalue weighted by molar-refractivity contribution is -0.556. The molecule has 0 bridgehead atoms. The van der Waals surface area contributed by atoms with Crippen LogP contribution in [-0.2, 0) is 0 Å². The SMILES string of the molecule is O=[N+]([O-])c1cc2c([O-])n(-c3ccccc3)n[n+]2c2ccccc12. The Morgan fingerprint density at radius 2 is 1.70 bits per heavy atom. The first-order valence-electron chi connectivity index (χ1n) is 6.90. The van der Waals surface area contributed by atoms with Gasteiger partial charge in [-0.15, -0.1) is 4.68 Å². The number of hydrogen-bond acceptors (Lipinski definition) is 4. The van der Waals surface area contributed by atoms with Crippen LogP contribution in [0.15, 0.2) is 60.7 Å². The van der Waals surface area contributed by atoms with Gasteiger partial charge in [0.05, 0.1) is 11.0 Å². The minimum Gasteiger partial charge on any atom is -0.837 e. The zero-order valence-corrected chi connectivity index (χ0v) is 11.8. The van der Waals surface area contributed by atoms with Crippen molar-refractivity contribution in [3.05, 3.63) is 70.8 Å². The molecule has 0 aliphatic heterocycles. The molecule has 0 radical (unpaired) electrons. The first-order valence-corrected chi connectivity index (χ1v) is 6.90. The van der Waals surface area contributed by atoms with Gasteiger partial charge >= 0.3 is 0 Å². The molecule has 0 unspecified atom stereocenters. The molecule has 0 aliphatic carbocycles. The minimum atomic E-state index is -0.484. The van der Waals surface area contributed by atoms with Crippen molar-refractivity contribution in [2.24, 2.45) is 0 Å². The molecule has 0 amide bonds. The molecule has 0 saturated heterocycles. The van der Waals surface area contributed by atoms with Crippen molar-refractivity contribution in [2.75, 3.05) is 0 Å². The lowest BCUT2D eigenvalue weighted by atomic mass is 10.2. The van der Waals surface area contributed by atoms with Crippen molar-refractivity contribution >= 4 is 22.1 Å². The van der Waals surface area contributed by atoms with E-state index in [0.717, 1.165) is 0 Å². The van der Waals surface area contributed by atoms with Crippen LogP contribution in [0.3, 0.4) is 0 Å². The van der Waals surface area contributed by atoms with Gasteiger partial charge in [0.2, 0.25) is 0 Å². The van der Waals surface area contributed by atoms with E-state index in [2.05, 4.69) is 5.21 Å². The van der Waals surface area contributed by atoms with Gasteiger partial charge in [-0.2, -0.15) is 0 Å². The van der Waals surface area contributed by atoms with Gasteiger partial charge in [0, 0.05) is 0 Å². The number of pyridine rings is 1. The highest BCUT2D eigenvalue weighted by Gasteiger charge is 2.23. The topological polar surface area (TPSA) is 88.1 Å². The number of benzene rings is 2. The Bertz CT molecular complexity index is 1060. The molecule has 0 saturated carbocycles. The standard InChI is InChI=1S/C16H10N4O3/c21-16-15-10-14(20(22)23)12-8-4-5-9-13(12)19(15)17-18(16)11-6-2-1-3-7-11/h1-10H. The Morgan fingerprint density at radius 3 is 2.43 bits per heavy atom. The molecule has 2 heterocycles. The van der Waals surface area contributed by atoms with Gasteiger partial charge in [-0.3, -0.25) is 10.1 Å². The lowest BCUT2D eigenvalue weighted by Gasteiger charge is -2.01. The van der Waals surface area contributed by atoms with Gasteiger partial charge in [-0.05, 0) is 24.3 Å². The van der Waals surface area contributed by atoms with E-state index in [1.807, 2.05) is 6.07 Å². The normalized spacial score (nSPS) is 11.1. The van der Waals surface area contributed by atoms with E-state index in [1.54, 1.807) is 48.5 Å². The molecule has 4 aromatic rings. The molecule has 0 atom stereocenters. The molecule has 2 aromatic carbocycles. The van der Waals surface area contributed by atoms with E-state index in [9.17, 15) is 15.2 Å². The number of aromatic nitrogens is 3. The van der Waals surface area contributed by atoms with E-state index in [1.165, 1.54) is 15.3 Å². The zero-order chi connectivity index (χ0) is 16.0. The molecule has 7 nitrogen and oxygen atoms in total. The molecule has 0 aliphatic rings. The number of hydrogen-bond donors (Lipinski definition) is 0. The fourth-order valence-corrected chi connectivity index (χ4v) is 2.65. The van der Waals surface area contributed by atoms with Crippen LogP contribution in [0, 0.1) is 10.1 Å². The third-order valence-corrected chi connectivity index (χ3v) is 3.70. The summed E-state index contributed by atoms with van der Waals surface area (Å²) in [5.74, 6) is -0.398. The Morgan fingerprint density at radius 1 is 1.00 bits per heavy atom. The highest BCUT2D eigenvalue weighted by Crippen LogP contribution is 2.27. The maximum absolute atomic E-state index is 12.6. The van der Waals surface area contributed by atoms with Gasteiger partial charge in [-0.25, -0.2) is 0 Å². The molecule has 23 heavy (non-hydrogen) atoms. The maximum Gasteiger partial charge on any atom is 0.285 e. The number of nitrogens with zero attached hydrogens (tertiary/aromatic N) is 4. The van der Waals surface area contributed by atoms with Crippen molar-refractivity contribution in [3.63, 3.8) is 0 Å². The monoisotopic (exact) mass is 306 g/mol. The first kappa shape index (κ1) is 13.2. The van der Waals surface area contributed by atoms with Crippen LogP contribution in [0.2, 0.25) is 0 Å². The van der Waals surface area contributed by atoms with E-state index in [-0.39, 0.29) is 11.2 Å². The summed E-state index contributed by atoms with van der Waals surface area (Å²) >= 11 is 0. The Balaban J connectivity index is 2.14. The summed E-state index contributed by atoms with van der Waals surface area (Å²) in [5, 5.41) is 28.7. The van der Waals surface area contributed by atoms with E-state index < -0.39 is 10.8 Å². The number of fused-ring (bicyclic) bond motifs is 3. The Labute approximate surface area is 129 Å². The summed E-state index contributed by atoms with van der Waals surface area (Å²) in [6.45, 7) is 0. The fourth-order valence-electron chi connectivity index (χ4n) is 2.65. The van der Waals surface area contributed by atoms with Crippen molar-refractivity contribution < 1.29 is 14.5 Å². The molecular formula is C16H10N4O3. The third-order valence-electron chi connectivity index (χ3n) is 3.70. The van der Waals surface area contributed by atoms with Crippen LogP contribution >= 0.6 is 0 Å². The maximum atomic E-state index is 12.6. The summed E-state index contributed by atoms with van der Waals surface area (Å²) in [6, 6.07) is 17.0. The quantitative estimate of drug-likeness (QED) is 0.320. The summed E-state index contributed by atoms with van der Waals surface area (Å²) < 4.78 is 2.68. The molecule has 2 aromatic heterocycles. The molecule has 7 heteroatoms. The zero-order valence-electron chi connectivity index (χ0n) is 11.8. The molecule has 0 fully saturated rings. The van der Waals surface area contributed by atoms with Crippen molar-refractivity contribution in [3.8, 4) is 11.6 Å². The van der Waals surface area contributed by atoms with Crippen molar-refractivity contribution in [1.29, 1.82) is 0 Å². The van der Waals surface area contributed by atoms with Gasteiger partial charge in [0.15, 0.2) is 16.7 Å². The predicted molar refractivity (Wildman–Crippen MR) is 80.3 cm³/mol. The van der Waals surface area contributed by atoms with Crippen LogP contribution in [0.5, 0.6) is 5.88 Å². The summed E-state index contributed by atoms with van der Waals surface area (Å²) in [6.07, 6.45) is 0. The predicted octanol–water partition coefficient (Wildman–Crippen LogP) is 1.75. The summed E-state index contributed by atoms with van der Waals surface area (Å²) in [5.41, 5.74) is 1.18. The minimum absolute atomic E-state index is 0.106. The van der Waals surface area contributed by atoms with Gasteiger partial charge in [0.1, 0.15) is 16.5 Å². The average Bonchev–Trinajstić information content (AvgIpc) is 2.92. The van der Waals surface area contributed by atoms with Crippen LogP contribution in [0.1, 0.15) is 0 Å². The largest absolute Gasteiger partial charge is 0.837 e. The highest BCUT2D eigenvalue weighted by molar-refractivity contribution is 5.87.